The Kier molecular flexibility index (Phi) is 4.51. The molecule has 148 valence electrons. The predicted molar refractivity (Wildman–Crippen MR) is 111 cm³/mol. The van der Waals surface area contributed by atoms with E-state index in [9.17, 15) is 15.3 Å². The summed E-state index contributed by atoms with van der Waals surface area (Å²) < 4.78 is 6.62. The predicted octanol–water partition coefficient (Wildman–Crippen LogP) is -2.01. The van der Waals surface area contributed by atoms with Crippen LogP contribution in [0.1, 0.15) is 6.92 Å². The van der Waals surface area contributed by atoms with Gasteiger partial charge < -0.3 is 25.0 Å². The van der Waals surface area contributed by atoms with Crippen LogP contribution >= 0.6 is 0 Å². The van der Waals surface area contributed by atoms with Crippen LogP contribution in [-0.4, -0.2) is 93.8 Å². The Morgan fingerprint density at radius 1 is 1.19 bits per heavy atom. The molecule has 31 heavy (non-hydrogen) atoms. The number of nitrogens with one attached hydrogen (secondary N) is 1. The second-order valence-electron chi connectivity index (χ2n) is 7.59. The maximum Gasteiger partial charge on any atom is 0.192 e. The molecular weight excluding hydrogens is 395 g/mol. The molecule has 0 spiro atoms. The standard InChI is InChI=1S/C15H11B4N5O4.C2H3N/c16-12(17)14(19,26)13(18,25)11(15(12,27)28-11)5-24-4-7(3-23-24)9-8-1-2-20-10(8)22-6-21-9;1-2-3/h1-4,6,25-27H,5H2,(H,20,21,22);1H3. The molecule has 10 nitrogen and oxygen atoms in total. The van der Waals surface area contributed by atoms with Crippen LogP contribution < -0.4 is 0 Å². The lowest BCUT2D eigenvalue weighted by atomic mass is 9.37. The minimum atomic E-state index is -2.73. The van der Waals surface area contributed by atoms with Gasteiger partial charge in [-0.1, -0.05) is 0 Å². The molecule has 1 saturated heterocycles. The lowest BCUT2D eigenvalue weighted by Gasteiger charge is -2.47. The van der Waals surface area contributed by atoms with E-state index in [1.807, 2.05) is 6.07 Å². The minimum Gasteiger partial charge on any atom is -0.398 e. The summed E-state index contributed by atoms with van der Waals surface area (Å²) in [5.74, 6) is -2.36. The van der Waals surface area contributed by atoms with Crippen molar-refractivity contribution in [1.29, 1.82) is 5.26 Å². The number of epoxide rings is 1. The Hall–Kier alpha value is -2.58. The van der Waals surface area contributed by atoms with Crippen LogP contribution in [-0.2, 0) is 11.3 Å². The van der Waals surface area contributed by atoms with Crippen LogP contribution in [0.4, 0.5) is 0 Å². The Morgan fingerprint density at radius 2 is 1.87 bits per heavy atom. The summed E-state index contributed by atoms with van der Waals surface area (Å²) in [5.41, 5.74) is -5.43. The molecule has 3 aromatic rings. The lowest BCUT2D eigenvalue weighted by molar-refractivity contribution is -0.115. The number of hydrogen-bond donors (Lipinski definition) is 4. The fourth-order valence-electron chi connectivity index (χ4n) is 4.03. The van der Waals surface area contributed by atoms with Gasteiger partial charge in [0.25, 0.3) is 0 Å². The molecule has 4 N–H and O–H groups in total. The third-order valence-corrected chi connectivity index (χ3v) is 5.86. The molecule has 1 aliphatic carbocycles. The number of H-pyrrole nitrogens is 1. The smallest absolute Gasteiger partial charge is 0.192 e. The maximum atomic E-state index is 10.7. The first-order chi connectivity index (χ1) is 14.4. The molecule has 1 saturated carbocycles. The third kappa shape index (κ3) is 2.49. The van der Waals surface area contributed by atoms with Gasteiger partial charge in [-0.3, -0.25) is 4.68 Å². The highest BCUT2D eigenvalue weighted by atomic mass is 16.8. The molecule has 5 rings (SSSR count). The monoisotopic (exact) mass is 410 g/mol. The van der Waals surface area contributed by atoms with E-state index in [0.717, 1.165) is 5.39 Å². The van der Waals surface area contributed by atoms with Gasteiger partial charge in [-0.2, -0.15) is 10.4 Å². The van der Waals surface area contributed by atoms with Crippen molar-refractivity contribution in [1.82, 2.24) is 24.7 Å². The maximum absolute atomic E-state index is 10.7. The number of aromatic nitrogens is 5. The van der Waals surface area contributed by atoms with Crippen LogP contribution in [0.15, 0.2) is 31.0 Å². The highest BCUT2D eigenvalue weighted by molar-refractivity contribution is 6.49. The number of aromatic amines is 1. The Balaban J connectivity index is 0.000000730. The summed E-state index contributed by atoms with van der Waals surface area (Å²) in [5, 5.41) is 41.6. The average molecular weight is 410 g/mol. The molecule has 14 heteroatoms. The van der Waals surface area contributed by atoms with Gasteiger partial charge in [0, 0.05) is 35.8 Å². The van der Waals surface area contributed by atoms with E-state index in [1.54, 1.807) is 18.5 Å². The van der Waals surface area contributed by atoms with Crippen molar-refractivity contribution in [2.24, 2.45) is 0 Å². The molecular formula is C17H14B4N6O4. The summed E-state index contributed by atoms with van der Waals surface area (Å²) in [6.07, 6.45) is 6.28. The summed E-state index contributed by atoms with van der Waals surface area (Å²) in [6.45, 7) is 1.15. The van der Waals surface area contributed by atoms with E-state index in [0.29, 0.717) is 16.9 Å². The quantitative estimate of drug-likeness (QED) is 0.285. The number of nitrogens with zero attached hydrogens (tertiary/aromatic N) is 5. The van der Waals surface area contributed by atoms with E-state index >= 15 is 0 Å². The topological polar surface area (TPSA) is 156 Å². The fourth-order valence-corrected chi connectivity index (χ4v) is 4.03. The first-order valence-corrected chi connectivity index (χ1v) is 9.05. The molecule has 3 aromatic heterocycles. The van der Waals surface area contributed by atoms with Crippen LogP contribution in [0, 0.1) is 11.3 Å². The number of aliphatic hydroxyl groups is 3. The van der Waals surface area contributed by atoms with Gasteiger partial charge in [-0.15, -0.1) is 0 Å². The number of ether oxygens (including phenoxy) is 1. The molecule has 2 aliphatic rings. The number of rotatable bonds is 3. The molecule has 2 fully saturated rings. The zero-order chi connectivity index (χ0) is 22.9. The molecule has 4 atom stereocenters. The van der Waals surface area contributed by atoms with Gasteiger partial charge in [-0.05, 0) is 11.3 Å². The molecule has 8 radical (unpaired) electrons. The zero-order valence-electron chi connectivity index (χ0n) is 16.4. The largest absolute Gasteiger partial charge is 0.398 e. The summed E-state index contributed by atoms with van der Waals surface area (Å²) in [4.78, 5) is 11.4. The summed E-state index contributed by atoms with van der Waals surface area (Å²) in [6, 6.07) is 3.57. The van der Waals surface area contributed by atoms with Gasteiger partial charge in [0.1, 0.15) is 27.7 Å². The fraction of sp³-hybridized carbons (Fsp3) is 0.412. The highest BCUT2D eigenvalue weighted by Gasteiger charge is 2.92. The number of fused-ring (bicyclic) bond motifs is 2. The van der Waals surface area contributed by atoms with Crippen molar-refractivity contribution in [3.8, 4) is 17.3 Å². The van der Waals surface area contributed by atoms with E-state index in [1.165, 1.54) is 24.1 Å². The van der Waals surface area contributed by atoms with Crippen LogP contribution in [0.25, 0.3) is 22.3 Å². The zero-order valence-corrected chi connectivity index (χ0v) is 16.4. The van der Waals surface area contributed by atoms with Gasteiger partial charge in [-0.25, -0.2) is 9.97 Å². The highest BCUT2D eigenvalue weighted by Crippen LogP contribution is 2.74. The lowest BCUT2D eigenvalue weighted by Crippen LogP contribution is -2.65. The van der Waals surface area contributed by atoms with Crippen LogP contribution in [0.5, 0.6) is 0 Å². The number of nitriles is 1. The van der Waals surface area contributed by atoms with Gasteiger partial charge in [0.05, 0.1) is 45.7 Å². The molecule has 0 amide bonds. The van der Waals surface area contributed by atoms with Crippen molar-refractivity contribution in [2.75, 3.05) is 0 Å². The Bertz CT molecular complexity index is 1200. The molecule has 4 unspecified atom stereocenters. The molecule has 0 bridgehead atoms. The first kappa shape index (κ1) is 21.6. The van der Waals surface area contributed by atoms with Gasteiger partial charge >= 0.3 is 0 Å². The SMILES string of the molecule is CC#N.[B]C1([B])C([B])(O)C([B])(O)C2(Cn3cc(-c4ncnc5[nH]ccc45)cn3)OC12O. The second-order valence-corrected chi connectivity index (χ2v) is 7.59. The normalized spacial score (nSPS) is 35.1. The van der Waals surface area contributed by atoms with Crippen molar-refractivity contribution in [3.05, 3.63) is 31.0 Å². The van der Waals surface area contributed by atoms with E-state index in [4.69, 9.17) is 41.4 Å². The van der Waals surface area contributed by atoms with Gasteiger partial charge in [0.15, 0.2) is 11.4 Å². The summed E-state index contributed by atoms with van der Waals surface area (Å²) in [7, 11) is 23.0. The number of hydrogen-bond acceptors (Lipinski definition) is 8. The Morgan fingerprint density at radius 3 is 2.48 bits per heavy atom. The van der Waals surface area contributed by atoms with Crippen LogP contribution in [0.2, 0.25) is 5.21 Å². The first-order valence-electron chi connectivity index (χ1n) is 9.05. The van der Waals surface area contributed by atoms with Crippen molar-refractivity contribution < 1.29 is 20.1 Å². The molecule has 1 aliphatic heterocycles. The van der Waals surface area contributed by atoms with Crippen molar-refractivity contribution in [3.63, 3.8) is 0 Å². The van der Waals surface area contributed by atoms with Crippen molar-refractivity contribution >= 4 is 42.4 Å². The van der Waals surface area contributed by atoms with E-state index in [2.05, 4.69) is 20.1 Å². The third-order valence-electron chi connectivity index (χ3n) is 5.86. The summed E-state index contributed by atoms with van der Waals surface area (Å²) >= 11 is 0. The Labute approximate surface area is 182 Å². The average Bonchev–Trinajstić information content (AvgIpc) is 3.06. The second kappa shape index (κ2) is 6.46. The van der Waals surface area contributed by atoms with Crippen molar-refractivity contribution in [2.45, 2.75) is 41.1 Å². The van der Waals surface area contributed by atoms with Crippen LogP contribution in [0.3, 0.4) is 0 Å². The minimum absolute atomic E-state index is 0.284. The molecule has 0 aromatic carbocycles. The van der Waals surface area contributed by atoms with Gasteiger partial charge in [0.2, 0.25) is 0 Å². The van der Waals surface area contributed by atoms with E-state index < -0.39 is 27.6 Å². The molecule has 4 heterocycles. The van der Waals surface area contributed by atoms with E-state index in [-0.39, 0.29) is 6.54 Å².